The maximum atomic E-state index is 11.6. The molecule has 1 aliphatic heterocycles. The second-order valence-electron chi connectivity index (χ2n) is 4.98. The summed E-state index contributed by atoms with van der Waals surface area (Å²) >= 11 is 0. The predicted molar refractivity (Wildman–Crippen MR) is 52.1 cm³/mol. The van der Waals surface area contributed by atoms with E-state index in [4.69, 9.17) is 0 Å². The van der Waals surface area contributed by atoms with E-state index in [1.54, 1.807) is 0 Å². The molecular weight excluding hydrogens is 162 g/mol. The van der Waals surface area contributed by atoms with Crippen LogP contribution in [0.25, 0.3) is 0 Å². The van der Waals surface area contributed by atoms with E-state index in [1.165, 1.54) is 6.42 Å². The summed E-state index contributed by atoms with van der Waals surface area (Å²) in [5.74, 6) is 3.29. The molecule has 0 aromatic heterocycles. The number of amides is 1. The van der Waals surface area contributed by atoms with E-state index in [1.807, 2.05) is 0 Å². The molecule has 2 aliphatic rings. The van der Waals surface area contributed by atoms with Crippen LogP contribution >= 0.6 is 0 Å². The first-order valence-electron chi connectivity index (χ1n) is 5.39. The lowest BCUT2D eigenvalue weighted by atomic mass is 9.65. The van der Waals surface area contributed by atoms with Crippen LogP contribution in [-0.2, 0) is 4.79 Å². The molecule has 1 saturated heterocycles. The van der Waals surface area contributed by atoms with Crippen molar-refractivity contribution in [2.24, 2.45) is 29.6 Å². The number of nitrogens with one attached hydrogen (secondary N) is 1. The van der Waals surface area contributed by atoms with Crippen molar-refractivity contribution in [3.63, 3.8) is 0 Å². The van der Waals surface area contributed by atoms with Gasteiger partial charge >= 0.3 is 0 Å². The predicted octanol–water partition coefficient (Wildman–Crippen LogP) is 1.66. The summed E-state index contributed by atoms with van der Waals surface area (Å²) in [5, 5.41) is 3.00. The summed E-state index contributed by atoms with van der Waals surface area (Å²) in [6.07, 6.45) is 1.22. The maximum absolute atomic E-state index is 11.6. The Morgan fingerprint density at radius 3 is 2.62 bits per heavy atom. The minimum absolute atomic E-state index is 0.302. The highest BCUT2D eigenvalue weighted by molar-refractivity contribution is 5.81. The van der Waals surface area contributed by atoms with Crippen LogP contribution < -0.4 is 5.32 Å². The van der Waals surface area contributed by atoms with Gasteiger partial charge in [0.25, 0.3) is 0 Å². The van der Waals surface area contributed by atoms with E-state index in [2.05, 4.69) is 26.1 Å². The lowest BCUT2D eigenvalue weighted by Crippen LogP contribution is -2.37. The van der Waals surface area contributed by atoms with Gasteiger partial charge in [-0.15, -0.1) is 0 Å². The van der Waals surface area contributed by atoms with Crippen molar-refractivity contribution in [3.05, 3.63) is 0 Å². The van der Waals surface area contributed by atoms with E-state index in [9.17, 15) is 4.79 Å². The van der Waals surface area contributed by atoms with E-state index in [0.717, 1.165) is 12.5 Å². The fraction of sp³-hybridized carbons (Fsp3) is 0.909. The minimum atomic E-state index is 0.302. The Labute approximate surface area is 80.1 Å². The van der Waals surface area contributed by atoms with Crippen molar-refractivity contribution >= 4 is 5.91 Å². The molecule has 13 heavy (non-hydrogen) atoms. The van der Waals surface area contributed by atoms with Gasteiger partial charge in [0.15, 0.2) is 0 Å². The fourth-order valence-electron chi connectivity index (χ4n) is 3.22. The van der Waals surface area contributed by atoms with Crippen molar-refractivity contribution in [1.29, 1.82) is 0 Å². The molecule has 2 rings (SSSR count). The van der Waals surface area contributed by atoms with E-state index >= 15 is 0 Å². The number of hydrogen-bond donors (Lipinski definition) is 1. The normalized spacial score (nSPS) is 50.1. The van der Waals surface area contributed by atoms with Crippen LogP contribution in [-0.4, -0.2) is 12.5 Å². The molecule has 1 heterocycles. The van der Waals surface area contributed by atoms with Crippen LogP contribution in [0.2, 0.25) is 0 Å². The number of carbonyl (C=O) groups is 1. The highest BCUT2D eigenvalue weighted by Gasteiger charge is 2.46. The van der Waals surface area contributed by atoms with Crippen LogP contribution in [0.15, 0.2) is 0 Å². The van der Waals surface area contributed by atoms with E-state index in [0.29, 0.717) is 29.6 Å². The summed E-state index contributed by atoms with van der Waals surface area (Å²) in [4.78, 5) is 11.6. The topological polar surface area (TPSA) is 29.1 Å². The minimum Gasteiger partial charge on any atom is -0.356 e. The lowest BCUT2D eigenvalue weighted by molar-refractivity contribution is -0.126. The molecule has 0 aromatic rings. The average molecular weight is 181 g/mol. The van der Waals surface area contributed by atoms with Gasteiger partial charge in [-0.25, -0.2) is 0 Å². The monoisotopic (exact) mass is 181 g/mol. The molecule has 0 unspecified atom stereocenters. The first kappa shape index (κ1) is 9.04. The molecule has 1 saturated carbocycles. The molecule has 1 N–H and O–H groups in total. The van der Waals surface area contributed by atoms with Crippen molar-refractivity contribution in [1.82, 2.24) is 5.32 Å². The Bertz CT molecular complexity index is 226. The molecule has 0 aromatic carbocycles. The fourth-order valence-corrected chi connectivity index (χ4v) is 3.22. The third-order valence-corrected chi connectivity index (χ3v) is 4.21. The van der Waals surface area contributed by atoms with Gasteiger partial charge < -0.3 is 5.32 Å². The van der Waals surface area contributed by atoms with Crippen molar-refractivity contribution < 1.29 is 4.79 Å². The Hall–Kier alpha value is -0.530. The van der Waals surface area contributed by atoms with Crippen molar-refractivity contribution in [2.75, 3.05) is 6.54 Å². The SMILES string of the molecule is C[C@@H]1[C@@H]2CNC(=O)[C@@H]2[C@H](C)C[C@H]1C. The largest absolute Gasteiger partial charge is 0.356 e. The molecule has 0 spiro atoms. The van der Waals surface area contributed by atoms with Gasteiger partial charge in [0, 0.05) is 12.5 Å². The van der Waals surface area contributed by atoms with Gasteiger partial charge in [0.1, 0.15) is 0 Å². The third kappa shape index (κ3) is 1.27. The number of hydrogen-bond acceptors (Lipinski definition) is 1. The summed E-state index contributed by atoms with van der Waals surface area (Å²) in [7, 11) is 0. The van der Waals surface area contributed by atoms with Gasteiger partial charge in [0.2, 0.25) is 5.91 Å². The first-order chi connectivity index (χ1) is 6.11. The molecule has 1 amide bonds. The van der Waals surface area contributed by atoms with Crippen LogP contribution in [0.4, 0.5) is 0 Å². The van der Waals surface area contributed by atoms with Crippen molar-refractivity contribution in [2.45, 2.75) is 27.2 Å². The number of carbonyl (C=O) groups excluding carboxylic acids is 1. The highest BCUT2D eigenvalue weighted by Crippen LogP contribution is 2.43. The zero-order valence-electron chi connectivity index (χ0n) is 8.71. The van der Waals surface area contributed by atoms with Gasteiger partial charge in [-0.2, -0.15) is 0 Å². The van der Waals surface area contributed by atoms with Crippen LogP contribution in [0.5, 0.6) is 0 Å². The highest BCUT2D eigenvalue weighted by atomic mass is 16.2. The second-order valence-corrected chi connectivity index (χ2v) is 4.98. The van der Waals surface area contributed by atoms with Crippen LogP contribution in [0, 0.1) is 29.6 Å². The zero-order valence-corrected chi connectivity index (χ0v) is 8.71. The summed E-state index contributed by atoms with van der Waals surface area (Å²) < 4.78 is 0. The smallest absolute Gasteiger partial charge is 0.223 e. The Kier molecular flexibility index (Phi) is 2.09. The Morgan fingerprint density at radius 1 is 1.23 bits per heavy atom. The molecular formula is C11H19NO. The molecule has 2 heteroatoms. The quantitative estimate of drug-likeness (QED) is 0.605. The van der Waals surface area contributed by atoms with Crippen LogP contribution in [0.3, 0.4) is 0 Å². The molecule has 74 valence electrons. The molecule has 1 aliphatic carbocycles. The molecule has 2 nitrogen and oxygen atoms in total. The van der Waals surface area contributed by atoms with Gasteiger partial charge in [-0.05, 0) is 30.1 Å². The van der Waals surface area contributed by atoms with Gasteiger partial charge in [0.05, 0.1) is 0 Å². The summed E-state index contributed by atoms with van der Waals surface area (Å²) in [6, 6.07) is 0. The summed E-state index contributed by atoms with van der Waals surface area (Å²) in [6.45, 7) is 7.76. The maximum Gasteiger partial charge on any atom is 0.223 e. The molecule has 0 radical (unpaired) electrons. The molecule has 0 bridgehead atoms. The summed E-state index contributed by atoms with van der Waals surface area (Å²) in [5.41, 5.74) is 0. The van der Waals surface area contributed by atoms with Crippen LogP contribution in [0.1, 0.15) is 27.2 Å². The third-order valence-electron chi connectivity index (χ3n) is 4.21. The first-order valence-corrected chi connectivity index (χ1v) is 5.39. The van der Waals surface area contributed by atoms with E-state index in [-0.39, 0.29) is 0 Å². The Balaban J connectivity index is 2.21. The van der Waals surface area contributed by atoms with Crippen molar-refractivity contribution in [3.8, 4) is 0 Å². The molecule has 2 fully saturated rings. The molecule has 5 atom stereocenters. The standard InChI is InChI=1S/C11H19NO/c1-6-4-7(2)10-9(8(6)3)5-12-11(10)13/h6-10H,4-5H2,1-3H3,(H,12,13)/t6-,7-,8+,9+,10-/m1/s1. The number of fused-ring (bicyclic) bond motifs is 1. The second kappa shape index (κ2) is 3.00. The Morgan fingerprint density at radius 2 is 1.92 bits per heavy atom. The van der Waals surface area contributed by atoms with Gasteiger partial charge in [-0.3, -0.25) is 4.79 Å². The van der Waals surface area contributed by atoms with E-state index < -0.39 is 0 Å². The average Bonchev–Trinajstić information content (AvgIpc) is 2.44. The number of rotatable bonds is 0. The lowest BCUT2D eigenvalue weighted by Gasteiger charge is -2.38. The van der Waals surface area contributed by atoms with Gasteiger partial charge in [-0.1, -0.05) is 20.8 Å². The zero-order chi connectivity index (χ0) is 9.59.